The molecular weight excluding hydrogens is 691 g/mol. The molecule has 3 heteroatoms. The van der Waals surface area contributed by atoms with E-state index in [4.69, 9.17) is 0 Å². The van der Waals surface area contributed by atoms with E-state index >= 15 is 0 Å². The molecular formula is C44H50Cl2Zr. The standard InChI is InChI=1S/2C21H23.C2H4.2ClH.Zr/c2*1-4-5-9-17-13-19-15(2)12-16(3)21(20(19)14-17)18-10-7-6-8-11-18;1-2;;;/h2*6-8,10-14H,4-5,9H2,1-3H3;1-2H2;2*1H;/q;;;;;+2/p-2. The van der Waals surface area contributed by atoms with Crippen molar-refractivity contribution in [1.82, 2.24) is 0 Å². The van der Waals surface area contributed by atoms with Crippen molar-refractivity contribution in [2.75, 3.05) is 0 Å². The Balaban J connectivity index is 0.00000217. The number of halogens is 2. The molecule has 1 heterocycles. The van der Waals surface area contributed by atoms with Gasteiger partial charge in [-0.05, 0) is 0 Å². The van der Waals surface area contributed by atoms with Crippen LogP contribution in [-0.4, -0.2) is 0 Å². The molecule has 0 nitrogen and oxygen atoms in total. The summed E-state index contributed by atoms with van der Waals surface area (Å²) in [4.78, 5) is 0. The molecule has 1 fully saturated rings. The zero-order chi connectivity index (χ0) is 31.3. The molecule has 4 aromatic carbocycles. The van der Waals surface area contributed by atoms with Gasteiger partial charge in [-0.25, -0.2) is 0 Å². The third kappa shape index (κ3) is 6.24. The van der Waals surface area contributed by atoms with Crippen molar-refractivity contribution in [3.8, 4) is 22.3 Å². The van der Waals surface area contributed by atoms with Gasteiger partial charge in [0.15, 0.2) is 0 Å². The molecule has 1 saturated heterocycles. The van der Waals surface area contributed by atoms with E-state index in [2.05, 4.69) is 126 Å². The predicted octanol–water partition coefficient (Wildman–Crippen LogP) is 7.22. The topological polar surface area (TPSA) is 0 Å². The number of hydrogen-bond donors (Lipinski definition) is 0. The normalized spacial score (nSPS) is 17.7. The van der Waals surface area contributed by atoms with Gasteiger partial charge in [-0.1, -0.05) is 0 Å². The third-order valence-electron chi connectivity index (χ3n) is 11.3. The van der Waals surface area contributed by atoms with Crippen molar-refractivity contribution >= 4 is 12.2 Å². The quantitative estimate of drug-likeness (QED) is 0.161. The minimum atomic E-state index is -2.84. The SMILES string of the molecule is CCCCC1=Cc2c(-c3ccccc3)c(C)cc(C)c2[CH]1[Zr+2]1([CH]2C(CCCC)=Cc3c(-c4ccccc4)c(C)cc(C)c32)[CH2][CH2]1.[Cl-].[Cl-]. The number of rotatable bonds is 10. The van der Waals surface area contributed by atoms with Gasteiger partial charge in [-0.15, -0.1) is 0 Å². The first-order valence-corrected chi connectivity index (χ1v) is 24.0. The molecule has 0 spiro atoms. The van der Waals surface area contributed by atoms with Gasteiger partial charge in [0.05, 0.1) is 0 Å². The van der Waals surface area contributed by atoms with E-state index in [0.717, 1.165) is 0 Å². The monoisotopic (exact) mass is 738 g/mol. The average molecular weight is 741 g/mol. The molecule has 0 N–H and O–H groups in total. The van der Waals surface area contributed by atoms with Crippen LogP contribution in [0.5, 0.6) is 0 Å². The molecule has 0 bridgehead atoms. The summed E-state index contributed by atoms with van der Waals surface area (Å²) in [5, 5.41) is 0. The second kappa shape index (κ2) is 14.7. The van der Waals surface area contributed by atoms with Crippen molar-refractivity contribution < 1.29 is 45.1 Å². The van der Waals surface area contributed by atoms with Gasteiger partial charge < -0.3 is 24.8 Å². The Morgan fingerprint density at radius 1 is 0.553 bits per heavy atom. The summed E-state index contributed by atoms with van der Waals surface area (Å²) in [6.45, 7) is 14.3. The van der Waals surface area contributed by atoms with Crippen LogP contribution >= 0.6 is 0 Å². The van der Waals surface area contributed by atoms with Crippen molar-refractivity contribution in [2.45, 2.75) is 95.6 Å². The van der Waals surface area contributed by atoms with E-state index in [-0.39, 0.29) is 24.8 Å². The van der Waals surface area contributed by atoms with Gasteiger partial charge in [0.2, 0.25) is 0 Å². The van der Waals surface area contributed by atoms with E-state index in [1.165, 1.54) is 80.2 Å². The number of allylic oxidation sites excluding steroid dienone is 2. The molecule has 0 radical (unpaired) electrons. The van der Waals surface area contributed by atoms with Crippen LogP contribution in [0.3, 0.4) is 0 Å². The van der Waals surface area contributed by atoms with Crippen LogP contribution in [0, 0.1) is 27.7 Å². The van der Waals surface area contributed by atoms with Crippen molar-refractivity contribution in [3.63, 3.8) is 0 Å². The molecule has 0 aromatic heterocycles. The Labute approximate surface area is 301 Å². The summed E-state index contributed by atoms with van der Waals surface area (Å²) in [6, 6.07) is 27.6. The molecule has 0 saturated carbocycles. The summed E-state index contributed by atoms with van der Waals surface area (Å²) in [5.41, 5.74) is 21.9. The molecule has 4 aromatic rings. The minimum Gasteiger partial charge on any atom is -1.00 e. The van der Waals surface area contributed by atoms with E-state index in [1.807, 2.05) is 0 Å². The van der Waals surface area contributed by atoms with Crippen LogP contribution in [0.25, 0.3) is 34.4 Å². The molecule has 1 aliphatic heterocycles. The summed E-state index contributed by atoms with van der Waals surface area (Å²) >= 11 is -2.84. The van der Waals surface area contributed by atoms with Crippen molar-refractivity contribution in [3.05, 3.63) is 128 Å². The summed E-state index contributed by atoms with van der Waals surface area (Å²) < 4.78 is 4.45. The molecule has 47 heavy (non-hydrogen) atoms. The summed E-state index contributed by atoms with van der Waals surface area (Å²) in [7, 11) is 0. The maximum Gasteiger partial charge on any atom is -1.00 e. The fraction of sp³-hybridized carbons (Fsp3) is 0.364. The van der Waals surface area contributed by atoms with E-state index in [9.17, 15) is 0 Å². The second-order valence-electron chi connectivity index (χ2n) is 14.4. The molecule has 2 atom stereocenters. The Hall–Kier alpha value is -2.18. The van der Waals surface area contributed by atoms with E-state index in [1.54, 1.807) is 44.5 Å². The van der Waals surface area contributed by atoms with E-state index < -0.39 is 20.3 Å². The number of benzene rings is 4. The number of aryl methyl sites for hydroxylation is 4. The largest absolute Gasteiger partial charge is 1.00 e. The van der Waals surface area contributed by atoms with Gasteiger partial charge in [-0.3, -0.25) is 0 Å². The molecule has 7 rings (SSSR count). The molecule has 0 amide bonds. The average Bonchev–Trinajstić information content (AvgIpc) is 3.58. The number of fused-ring (bicyclic) bond motifs is 2. The van der Waals surface area contributed by atoms with Crippen LogP contribution in [-0.2, 0) is 20.3 Å². The molecule has 2 unspecified atom stereocenters. The number of hydrogen-bond acceptors (Lipinski definition) is 0. The third-order valence-corrected chi connectivity index (χ3v) is 24.3. The first-order valence-electron chi connectivity index (χ1n) is 17.7. The molecule has 3 aliphatic rings. The van der Waals surface area contributed by atoms with Crippen LogP contribution in [0.4, 0.5) is 0 Å². The zero-order valence-corrected chi connectivity index (χ0v) is 33.1. The number of unbranched alkanes of at least 4 members (excludes halogenated alkanes) is 2. The van der Waals surface area contributed by atoms with Gasteiger partial charge in [0, 0.05) is 0 Å². The van der Waals surface area contributed by atoms with Crippen LogP contribution in [0.1, 0.15) is 104 Å². The maximum atomic E-state index is 2.72. The predicted molar refractivity (Wildman–Crippen MR) is 193 cm³/mol. The zero-order valence-electron chi connectivity index (χ0n) is 29.2. The van der Waals surface area contributed by atoms with E-state index in [0.29, 0.717) is 7.25 Å². The Kier molecular flexibility index (Phi) is 11.3. The van der Waals surface area contributed by atoms with Gasteiger partial charge >= 0.3 is 279 Å². The van der Waals surface area contributed by atoms with Crippen LogP contribution < -0.4 is 24.8 Å². The smallest absolute Gasteiger partial charge is 1.00 e. The Morgan fingerprint density at radius 3 is 1.28 bits per heavy atom. The Morgan fingerprint density at radius 2 is 0.936 bits per heavy atom. The van der Waals surface area contributed by atoms with Gasteiger partial charge in [0.25, 0.3) is 0 Å². The first kappa shape index (κ1) is 36.1. The van der Waals surface area contributed by atoms with Gasteiger partial charge in [0.1, 0.15) is 0 Å². The summed E-state index contributed by atoms with van der Waals surface area (Å²) in [5.74, 6) is 0. The second-order valence-corrected chi connectivity index (χ2v) is 25.8. The molecule has 244 valence electrons. The van der Waals surface area contributed by atoms with Crippen molar-refractivity contribution in [2.24, 2.45) is 0 Å². The van der Waals surface area contributed by atoms with Gasteiger partial charge in [-0.2, -0.15) is 0 Å². The minimum absolute atomic E-state index is 0. The first-order chi connectivity index (χ1) is 21.9. The fourth-order valence-corrected chi connectivity index (χ4v) is 27.4. The molecule has 2 aliphatic carbocycles. The Bertz CT molecular complexity index is 1680. The summed E-state index contributed by atoms with van der Waals surface area (Å²) in [6.07, 6.45) is 13.1. The fourth-order valence-electron chi connectivity index (χ4n) is 9.42. The van der Waals surface area contributed by atoms with Crippen LogP contribution in [0.2, 0.25) is 8.26 Å². The van der Waals surface area contributed by atoms with Crippen molar-refractivity contribution in [1.29, 1.82) is 0 Å². The van der Waals surface area contributed by atoms with Crippen LogP contribution in [0.15, 0.2) is 83.9 Å². The maximum absolute atomic E-state index is 2.84.